The van der Waals surface area contributed by atoms with E-state index in [0.717, 1.165) is 12.2 Å². The molecule has 3 aliphatic rings. The summed E-state index contributed by atoms with van der Waals surface area (Å²) in [4.78, 5) is 34.4. The zero-order valence-electron chi connectivity index (χ0n) is 18.3. The summed E-state index contributed by atoms with van der Waals surface area (Å²) in [5.74, 6) is -2.40. The van der Waals surface area contributed by atoms with Gasteiger partial charge in [-0.2, -0.15) is 13.2 Å². The van der Waals surface area contributed by atoms with Crippen LogP contribution in [0, 0.1) is 5.92 Å². The Bertz CT molecular complexity index is 819. The Morgan fingerprint density at radius 1 is 1.18 bits per heavy atom. The smallest absolute Gasteiger partial charge is 0.370 e. The van der Waals surface area contributed by atoms with E-state index < -0.39 is 24.0 Å². The van der Waals surface area contributed by atoms with Gasteiger partial charge in [0.15, 0.2) is 5.92 Å². The lowest BCUT2D eigenvalue weighted by molar-refractivity contribution is -0.201. The molecular formula is C21H29F3N6O3. The highest BCUT2D eigenvalue weighted by Crippen LogP contribution is 2.35. The number of hydrogen-bond acceptors (Lipinski definition) is 7. The van der Waals surface area contributed by atoms with Crippen molar-refractivity contribution in [3.05, 3.63) is 24.4 Å². The first kappa shape index (κ1) is 23.7. The van der Waals surface area contributed by atoms with Crippen LogP contribution < -0.4 is 15.8 Å². The third-order valence-corrected chi connectivity index (χ3v) is 6.53. The van der Waals surface area contributed by atoms with E-state index in [2.05, 4.69) is 20.7 Å². The maximum absolute atomic E-state index is 13.5. The van der Waals surface area contributed by atoms with Gasteiger partial charge in [-0.05, 0) is 31.5 Å². The van der Waals surface area contributed by atoms with Crippen molar-refractivity contribution in [2.24, 2.45) is 5.92 Å². The summed E-state index contributed by atoms with van der Waals surface area (Å²) in [6.07, 6.45) is -1.50. The number of rotatable bonds is 6. The van der Waals surface area contributed by atoms with Crippen molar-refractivity contribution in [1.82, 2.24) is 25.6 Å². The van der Waals surface area contributed by atoms with Crippen molar-refractivity contribution in [3.63, 3.8) is 0 Å². The highest BCUT2D eigenvalue weighted by molar-refractivity contribution is 5.80. The first-order valence-electron chi connectivity index (χ1n) is 11.2. The molecule has 4 heterocycles. The molecule has 1 aromatic heterocycles. The lowest BCUT2D eigenvalue weighted by Crippen LogP contribution is -2.65. The van der Waals surface area contributed by atoms with Gasteiger partial charge in [0.1, 0.15) is 12.4 Å². The fraction of sp³-hybridized carbons (Fsp3) is 0.667. The SMILES string of the molecule is O=C1NNCC(N2CCC[C@H]2COCC(=O)N2CCN(c3ccccn3)CC2)C1C(F)(F)F. The molecule has 182 valence electrons. The number of ether oxygens (including phenoxy) is 1. The number of nitrogens with one attached hydrogen (secondary N) is 2. The molecular weight excluding hydrogens is 441 g/mol. The highest BCUT2D eigenvalue weighted by atomic mass is 19.4. The number of anilines is 1. The number of carbonyl (C=O) groups is 2. The molecule has 33 heavy (non-hydrogen) atoms. The number of piperazine rings is 1. The van der Waals surface area contributed by atoms with Crippen LogP contribution in [0.4, 0.5) is 19.0 Å². The minimum atomic E-state index is -4.63. The molecule has 0 aliphatic carbocycles. The van der Waals surface area contributed by atoms with Gasteiger partial charge in [0.2, 0.25) is 11.8 Å². The van der Waals surface area contributed by atoms with E-state index in [1.165, 1.54) is 0 Å². The van der Waals surface area contributed by atoms with Gasteiger partial charge in [-0.15, -0.1) is 0 Å². The number of halogens is 3. The topological polar surface area (TPSA) is 90.0 Å². The number of pyridine rings is 1. The maximum Gasteiger partial charge on any atom is 0.402 e. The second kappa shape index (κ2) is 10.2. The van der Waals surface area contributed by atoms with Gasteiger partial charge in [0.25, 0.3) is 0 Å². The summed E-state index contributed by atoms with van der Waals surface area (Å²) < 4.78 is 46.2. The van der Waals surface area contributed by atoms with Crippen LogP contribution in [0.25, 0.3) is 0 Å². The van der Waals surface area contributed by atoms with Gasteiger partial charge in [0, 0.05) is 51.0 Å². The van der Waals surface area contributed by atoms with Crippen molar-refractivity contribution in [2.75, 3.05) is 57.4 Å². The molecule has 1 aromatic rings. The van der Waals surface area contributed by atoms with Gasteiger partial charge in [0.05, 0.1) is 6.61 Å². The number of alkyl halides is 3. The molecule has 3 atom stereocenters. The van der Waals surface area contributed by atoms with Gasteiger partial charge in [-0.3, -0.25) is 19.9 Å². The molecule has 9 nitrogen and oxygen atoms in total. The van der Waals surface area contributed by atoms with E-state index in [1.54, 1.807) is 16.0 Å². The Morgan fingerprint density at radius 2 is 1.97 bits per heavy atom. The summed E-state index contributed by atoms with van der Waals surface area (Å²) in [6.45, 7) is 2.98. The van der Waals surface area contributed by atoms with E-state index >= 15 is 0 Å². The average Bonchev–Trinajstić information content (AvgIpc) is 3.27. The van der Waals surface area contributed by atoms with E-state index in [4.69, 9.17) is 4.74 Å². The van der Waals surface area contributed by atoms with Crippen LogP contribution in [0.3, 0.4) is 0 Å². The minimum Gasteiger partial charge on any atom is -0.370 e. The minimum absolute atomic E-state index is 0.00585. The number of likely N-dealkylation sites (tertiary alicyclic amines) is 1. The van der Waals surface area contributed by atoms with E-state index in [9.17, 15) is 22.8 Å². The number of amides is 2. The number of nitrogens with zero attached hydrogens (tertiary/aromatic N) is 4. The summed E-state index contributed by atoms with van der Waals surface area (Å²) in [6, 6.07) is 4.45. The van der Waals surface area contributed by atoms with Gasteiger partial charge in [-0.25, -0.2) is 10.4 Å². The Balaban J connectivity index is 1.25. The van der Waals surface area contributed by atoms with Crippen LogP contribution in [0.15, 0.2) is 24.4 Å². The molecule has 0 aromatic carbocycles. The van der Waals surface area contributed by atoms with Crippen molar-refractivity contribution in [1.29, 1.82) is 0 Å². The number of hydrazine groups is 1. The zero-order valence-corrected chi connectivity index (χ0v) is 18.3. The Labute approximate surface area is 190 Å². The van der Waals surface area contributed by atoms with E-state index in [0.29, 0.717) is 39.1 Å². The van der Waals surface area contributed by atoms with Crippen molar-refractivity contribution >= 4 is 17.6 Å². The average molecular weight is 470 g/mol. The van der Waals surface area contributed by atoms with Gasteiger partial charge in [-0.1, -0.05) is 6.07 Å². The van der Waals surface area contributed by atoms with Crippen LogP contribution in [0.5, 0.6) is 0 Å². The highest BCUT2D eigenvalue weighted by Gasteiger charge is 2.54. The molecule has 0 saturated carbocycles. The number of carbonyl (C=O) groups excluding carboxylic acids is 2. The van der Waals surface area contributed by atoms with Gasteiger partial charge >= 0.3 is 6.18 Å². The quantitative estimate of drug-likeness (QED) is 0.622. The standard InChI is InChI=1S/C21H29F3N6O3/c22-21(23,24)19-16(12-26-27-20(19)32)30-7-3-4-15(30)13-33-14-18(31)29-10-8-28(9-11-29)17-5-1-2-6-25-17/h1-2,5-6,15-16,19,26H,3-4,7-14H2,(H,27,32)/t15-,16?,19?/m0/s1. The molecule has 3 aliphatic heterocycles. The van der Waals surface area contributed by atoms with Crippen LogP contribution >= 0.6 is 0 Å². The summed E-state index contributed by atoms with van der Waals surface area (Å²) >= 11 is 0. The van der Waals surface area contributed by atoms with E-state index in [1.807, 2.05) is 18.2 Å². The molecule has 0 radical (unpaired) electrons. The predicted molar refractivity (Wildman–Crippen MR) is 113 cm³/mol. The largest absolute Gasteiger partial charge is 0.402 e. The summed E-state index contributed by atoms with van der Waals surface area (Å²) in [5, 5.41) is 0. The first-order chi connectivity index (χ1) is 15.8. The summed E-state index contributed by atoms with van der Waals surface area (Å²) in [5.41, 5.74) is 4.66. The third-order valence-electron chi connectivity index (χ3n) is 6.53. The lowest BCUT2D eigenvalue weighted by atomic mass is 9.94. The van der Waals surface area contributed by atoms with Gasteiger partial charge < -0.3 is 14.5 Å². The van der Waals surface area contributed by atoms with Crippen LogP contribution in [0.2, 0.25) is 0 Å². The number of hydrogen-bond donors (Lipinski definition) is 2. The second-order valence-electron chi connectivity index (χ2n) is 8.56. The molecule has 2 unspecified atom stereocenters. The van der Waals surface area contributed by atoms with Crippen LogP contribution in [-0.2, 0) is 14.3 Å². The Morgan fingerprint density at radius 3 is 2.67 bits per heavy atom. The molecule has 3 saturated heterocycles. The fourth-order valence-corrected chi connectivity index (χ4v) is 4.86. The van der Waals surface area contributed by atoms with Crippen molar-refractivity contribution in [2.45, 2.75) is 31.1 Å². The predicted octanol–water partition coefficient (Wildman–Crippen LogP) is 0.393. The van der Waals surface area contributed by atoms with E-state index in [-0.39, 0.29) is 31.7 Å². The number of aromatic nitrogens is 1. The zero-order chi connectivity index (χ0) is 23.4. The Kier molecular flexibility index (Phi) is 7.35. The molecule has 12 heteroatoms. The lowest BCUT2D eigenvalue weighted by Gasteiger charge is -2.40. The monoisotopic (exact) mass is 470 g/mol. The Hall–Kier alpha value is -2.44. The molecule has 2 N–H and O–H groups in total. The molecule has 3 fully saturated rings. The van der Waals surface area contributed by atoms with Crippen LogP contribution in [0.1, 0.15) is 12.8 Å². The van der Waals surface area contributed by atoms with Crippen molar-refractivity contribution in [3.8, 4) is 0 Å². The molecule has 2 amide bonds. The molecule has 0 spiro atoms. The normalized spacial score (nSPS) is 27.0. The summed E-state index contributed by atoms with van der Waals surface area (Å²) in [7, 11) is 0. The first-order valence-corrected chi connectivity index (χ1v) is 11.2. The van der Waals surface area contributed by atoms with Crippen LogP contribution in [-0.4, -0.2) is 97.3 Å². The molecule has 0 bridgehead atoms. The maximum atomic E-state index is 13.5. The van der Waals surface area contributed by atoms with Crippen molar-refractivity contribution < 1.29 is 27.5 Å². The molecule has 4 rings (SSSR count). The fourth-order valence-electron chi connectivity index (χ4n) is 4.86. The third kappa shape index (κ3) is 5.56. The second-order valence-corrected chi connectivity index (χ2v) is 8.56.